The molecule has 27 heavy (non-hydrogen) atoms. The highest BCUT2D eigenvalue weighted by Gasteiger charge is 2.28. The van der Waals surface area contributed by atoms with Crippen LogP contribution in [0.2, 0.25) is 0 Å². The third kappa shape index (κ3) is 5.09. The van der Waals surface area contributed by atoms with Crippen molar-refractivity contribution in [1.29, 1.82) is 0 Å². The fourth-order valence-electron chi connectivity index (χ4n) is 4.11. The van der Waals surface area contributed by atoms with Gasteiger partial charge >= 0.3 is 0 Å². The van der Waals surface area contributed by atoms with Crippen LogP contribution in [0.15, 0.2) is 6.20 Å². The first-order chi connectivity index (χ1) is 13.1. The lowest BCUT2D eigenvalue weighted by atomic mass is 10.0. The van der Waals surface area contributed by atoms with Gasteiger partial charge in [-0.3, -0.25) is 9.48 Å². The summed E-state index contributed by atoms with van der Waals surface area (Å²) in [5.41, 5.74) is 1.72. The first-order valence-corrected chi connectivity index (χ1v) is 10.4. The summed E-state index contributed by atoms with van der Waals surface area (Å²) >= 11 is 0. The van der Waals surface area contributed by atoms with Crippen molar-refractivity contribution in [3.8, 4) is 0 Å². The highest BCUT2D eigenvalue weighted by atomic mass is 16.5. The van der Waals surface area contributed by atoms with Gasteiger partial charge in [-0.15, -0.1) is 0 Å². The van der Waals surface area contributed by atoms with E-state index in [-0.39, 0.29) is 11.9 Å². The van der Waals surface area contributed by atoms with E-state index in [0.29, 0.717) is 0 Å². The van der Waals surface area contributed by atoms with E-state index in [2.05, 4.69) is 33.8 Å². The number of rotatable bonds is 7. The molecule has 7 heteroatoms. The molecule has 2 aliphatic rings. The lowest BCUT2D eigenvalue weighted by molar-refractivity contribution is 0.0275. The zero-order valence-electron chi connectivity index (χ0n) is 17.2. The van der Waals surface area contributed by atoms with Gasteiger partial charge in [0.25, 0.3) is 5.91 Å². The Morgan fingerprint density at radius 1 is 1.26 bits per heavy atom. The highest BCUT2D eigenvalue weighted by Crippen LogP contribution is 2.20. The average Bonchev–Trinajstić information content (AvgIpc) is 3.07. The number of likely N-dealkylation sites (N-methyl/N-ethyl adjacent to an activating group) is 1. The molecule has 0 radical (unpaired) electrons. The maximum Gasteiger partial charge on any atom is 0.257 e. The van der Waals surface area contributed by atoms with Gasteiger partial charge in [-0.1, -0.05) is 0 Å². The van der Waals surface area contributed by atoms with E-state index in [4.69, 9.17) is 4.74 Å². The van der Waals surface area contributed by atoms with Crippen molar-refractivity contribution in [3.05, 3.63) is 17.5 Å². The van der Waals surface area contributed by atoms with E-state index in [1.807, 2.05) is 11.6 Å². The molecule has 152 valence electrons. The highest BCUT2D eigenvalue weighted by molar-refractivity contribution is 5.95. The Balaban J connectivity index is 1.63. The Hall–Kier alpha value is -1.44. The molecule has 2 saturated heterocycles. The number of carbonyl (C=O) groups is 1. The molecule has 0 aromatic carbocycles. The van der Waals surface area contributed by atoms with Crippen LogP contribution in [-0.4, -0.2) is 96.0 Å². The van der Waals surface area contributed by atoms with Crippen LogP contribution >= 0.6 is 0 Å². The minimum atomic E-state index is 0.137. The van der Waals surface area contributed by atoms with E-state index in [1.54, 1.807) is 6.20 Å². The lowest BCUT2D eigenvalue weighted by Gasteiger charge is -2.36. The minimum Gasteiger partial charge on any atom is -0.381 e. The second kappa shape index (κ2) is 9.66. The van der Waals surface area contributed by atoms with Gasteiger partial charge in [-0.2, -0.15) is 5.10 Å². The average molecular weight is 378 g/mol. The molecule has 1 aromatic rings. The fraction of sp³-hybridized carbons (Fsp3) is 0.800. The van der Waals surface area contributed by atoms with Crippen LogP contribution in [0.5, 0.6) is 0 Å². The molecule has 0 atom stereocenters. The monoisotopic (exact) mass is 377 g/mol. The van der Waals surface area contributed by atoms with E-state index >= 15 is 0 Å². The lowest BCUT2D eigenvalue weighted by Crippen LogP contribution is -2.47. The third-order valence-electron chi connectivity index (χ3n) is 5.99. The van der Waals surface area contributed by atoms with Crippen LogP contribution in [0.3, 0.4) is 0 Å². The van der Waals surface area contributed by atoms with Gasteiger partial charge in [0.1, 0.15) is 0 Å². The molecule has 1 amide bonds. The number of hydrogen-bond acceptors (Lipinski definition) is 5. The summed E-state index contributed by atoms with van der Waals surface area (Å²) in [5, 5.41) is 4.38. The molecule has 2 aliphatic heterocycles. The number of amides is 1. The van der Waals surface area contributed by atoms with E-state index < -0.39 is 0 Å². The molecule has 0 aliphatic carbocycles. The van der Waals surface area contributed by atoms with Crippen molar-refractivity contribution in [2.45, 2.75) is 45.7 Å². The maximum absolute atomic E-state index is 13.3. The number of ether oxygens (including phenoxy) is 1. The number of aryl methyl sites for hydroxylation is 1. The van der Waals surface area contributed by atoms with Crippen molar-refractivity contribution >= 4 is 5.91 Å². The summed E-state index contributed by atoms with van der Waals surface area (Å²) in [7, 11) is 2.18. The van der Waals surface area contributed by atoms with Crippen molar-refractivity contribution in [3.63, 3.8) is 0 Å². The van der Waals surface area contributed by atoms with Gasteiger partial charge in [0.05, 0.1) is 11.8 Å². The molecule has 3 rings (SSSR count). The third-order valence-corrected chi connectivity index (χ3v) is 5.99. The van der Waals surface area contributed by atoms with Crippen molar-refractivity contribution in [2.24, 2.45) is 0 Å². The second-order valence-corrected chi connectivity index (χ2v) is 7.80. The van der Waals surface area contributed by atoms with Crippen LogP contribution in [0.25, 0.3) is 0 Å². The molecular weight excluding hydrogens is 342 g/mol. The van der Waals surface area contributed by atoms with Crippen LogP contribution in [0.1, 0.15) is 42.2 Å². The number of aromatic nitrogens is 2. The van der Waals surface area contributed by atoms with Gasteiger partial charge in [0.2, 0.25) is 0 Å². The van der Waals surface area contributed by atoms with Gasteiger partial charge in [0, 0.05) is 64.2 Å². The Kier molecular flexibility index (Phi) is 7.26. The van der Waals surface area contributed by atoms with E-state index in [0.717, 1.165) is 89.5 Å². The van der Waals surface area contributed by atoms with Crippen LogP contribution in [0.4, 0.5) is 0 Å². The van der Waals surface area contributed by atoms with Gasteiger partial charge in [-0.25, -0.2) is 0 Å². The predicted molar refractivity (Wildman–Crippen MR) is 106 cm³/mol. The maximum atomic E-state index is 13.3. The molecule has 3 heterocycles. The molecule has 0 spiro atoms. The fourth-order valence-corrected chi connectivity index (χ4v) is 4.11. The molecule has 1 aromatic heterocycles. The number of nitrogens with zero attached hydrogens (tertiary/aromatic N) is 5. The Bertz CT molecular complexity index is 604. The van der Waals surface area contributed by atoms with E-state index in [9.17, 15) is 4.79 Å². The zero-order chi connectivity index (χ0) is 19.2. The quantitative estimate of drug-likeness (QED) is 0.720. The smallest absolute Gasteiger partial charge is 0.257 e. The Morgan fingerprint density at radius 2 is 1.96 bits per heavy atom. The molecule has 0 N–H and O–H groups in total. The van der Waals surface area contributed by atoms with Crippen molar-refractivity contribution < 1.29 is 9.53 Å². The normalized spacial score (nSPS) is 20.1. The largest absolute Gasteiger partial charge is 0.381 e. The van der Waals surface area contributed by atoms with Crippen molar-refractivity contribution in [2.75, 3.05) is 59.5 Å². The second-order valence-electron chi connectivity index (χ2n) is 7.80. The van der Waals surface area contributed by atoms with Gasteiger partial charge in [0.15, 0.2) is 0 Å². The Labute approximate surface area is 163 Å². The molecular formula is C20H35N5O2. The number of piperazine rings is 1. The standard InChI is InChI=1S/C20H35N5O2/c1-4-25-17(2)19(16-21-25)20(26)24(18-6-14-27-15-7-18)9-5-8-23-12-10-22(3)11-13-23/h16,18H,4-15H2,1-3H3. The van der Waals surface area contributed by atoms with Crippen molar-refractivity contribution in [1.82, 2.24) is 24.5 Å². The topological polar surface area (TPSA) is 53.8 Å². The van der Waals surface area contributed by atoms with E-state index in [1.165, 1.54) is 0 Å². The Morgan fingerprint density at radius 3 is 2.59 bits per heavy atom. The molecule has 0 unspecified atom stereocenters. The molecule has 0 saturated carbocycles. The number of carbonyl (C=O) groups excluding carboxylic acids is 1. The zero-order valence-corrected chi connectivity index (χ0v) is 17.2. The molecule has 2 fully saturated rings. The predicted octanol–water partition coefficient (Wildman–Crippen LogP) is 1.47. The first kappa shape index (κ1) is 20.3. The summed E-state index contributed by atoms with van der Waals surface area (Å²) in [6.45, 7) is 12.8. The molecule has 7 nitrogen and oxygen atoms in total. The summed E-state index contributed by atoms with van der Waals surface area (Å²) in [6.07, 6.45) is 4.63. The first-order valence-electron chi connectivity index (χ1n) is 10.4. The van der Waals surface area contributed by atoms with Crippen LogP contribution in [0, 0.1) is 6.92 Å². The van der Waals surface area contributed by atoms with Crippen LogP contribution in [-0.2, 0) is 11.3 Å². The summed E-state index contributed by atoms with van der Waals surface area (Å²) in [5.74, 6) is 0.137. The van der Waals surface area contributed by atoms with Gasteiger partial charge in [-0.05, 0) is 46.7 Å². The SMILES string of the molecule is CCn1ncc(C(=O)N(CCCN2CCN(C)CC2)C2CCOCC2)c1C. The van der Waals surface area contributed by atoms with Crippen LogP contribution < -0.4 is 0 Å². The minimum absolute atomic E-state index is 0.137. The number of hydrogen-bond donors (Lipinski definition) is 0. The summed E-state index contributed by atoms with van der Waals surface area (Å²) in [4.78, 5) is 20.3. The summed E-state index contributed by atoms with van der Waals surface area (Å²) in [6, 6.07) is 0.281. The molecule has 0 bridgehead atoms. The summed E-state index contributed by atoms with van der Waals surface area (Å²) < 4.78 is 7.43. The van der Waals surface area contributed by atoms with Gasteiger partial charge < -0.3 is 19.4 Å².